The first-order valence-electron chi connectivity index (χ1n) is 7.87. The van der Waals surface area contributed by atoms with Gasteiger partial charge >= 0.3 is 148 Å². The number of fused-ring (bicyclic) bond motifs is 1. The summed E-state index contributed by atoms with van der Waals surface area (Å²) in [7, 11) is 1.58. The van der Waals surface area contributed by atoms with Gasteiger partial charge in [0, 0.05) is 0 Å². The second-order valence-corrected chi connectivity index (χ2v) is 6.97. The van der Waals surface area contributed by atoms with Crippen LogP contribution in [0.25, 0.3) is 11.0 Å². The molecular formula is C18H16AsN3O2. The van der Waals surface area contributed by atoms with Gasteiger partial charge in [-0.3, -0.25) is 0 Å². The van der Waals surface area contributed by atoms with Crippen LogP contribution in [0.15, 0.2) is 30.3 Å². The first kappa shape index (κ1) is 15.4. The fraction of sp³-hybridized carbons (Fsp3) is 0.278. The molecule has 0 aliphatic heterocycles. The average molecular weight is 381 g/mol. The van der Waals surface area contributed by atoms with Gasteiger partial charge in [-0.1, -0.05) is 0 Å². The second kappa shape index (κ2) is 5.74. The molecule has 1 saturated carbocycles. The Kier molecular flexibility index (Phi) is 3.69. The van der Waals surface area contributed by atoms with Crippen LogP contribution in [0.5, 0.6) is 5.75 Å². The molecule has 6 heteroatoms. The number of carbonyl (C=O) groups excluding carboxylic acids is 1. The maximum atomic E-state index is 13.1. The fourth-order valence-corrected chi connectivity index (χ4v) is 3.50. The van der Waals surface area contributed by atoms with Gasteiger partial charge < -0.3 is 0 Å². The van der Waals surface area contributed by atoms with Crippen molar-refractivity contribution in [1.82, 2.24) is 14.8 Å². The van der Waals surface area contributed by atoms with E-state index in [-0.39, 0.29) is 5.91 Å². The van der Waals surface area contributed by atoms with Crippen LogP contribution >= 0.6 is 0 Å². The Hall–Kier alpha value is -2.13. The molecule has 0 bridgehead atoms. The van der Waals surface area contributed by atoms with E-state index in [2.05, 4.69) is 22.0 Å². The van der Waals surface area contributed by atoms with E-state index in [0.717, 1.165) is 21.1 Å². The number of para-hydroxylation sites is 1. The summed E-state index contributed by atoms with van der Waals surface area (Å²) >= 11 is 2.41. The number of hydrogen-bond acceptors (Lipinski definition) is 4. The van der Waals surface area contributed by atoms with Crippen molar-refractivity contribution < 1.29 is 9.53 Å². The Bertz CT molecular complexity index is 960. The van der Waals surface area contributed by atoms with Crippen LogP contribution in [-0.2, 0) is 0 Å². The molecule has 1 aromatic carbocycles. The molecule has 5 nitrogen and oxygen atoms in total. The van der Waals surface area contributed by atoms with Crippen LogP contribution in [0.4, 0.5) is 0 Å². The van der Waals surface area contributed by atoms with Crippen molar-refractivity contribution in [2.75, 3.05) is 7.11 Å². The zero-order chi connectivity index (χ0) is 16.8. The molecule has 120 valence electrons. The molecule has 0 saturated heterocycles. The standard InChI is InChI=1S/C18H16AsN3O2/c1-10-4-3-5-12(15(10)24-2)18(23)22-17-13(16(19)21-22)8-9-14(20-17)11-6-7-11/h3-5,8-9,11H,6-7H2,1-2H3. The maximum absolute atomic E-state index is 13.1. The van der Waals surface area contributed by atoms with Gasteiger partial charge in [0.2, 0.25) is 0 Å². The van der Waals surface area contributed by atoms with Gasteiger partial charge in [-0.05, 0) is 0 Å². The molecule has 1 aliphatic carbocycles. The van der Waals surface area contributed by atoms with Crippen LogP contribution < -0.4 is 9.22 Å². The van der Waals surface area contributed by atoms with Gasteiger partial charge in [0.25, 0.3) is 0 Å². The number of rotatable bonds is 3. The van der Waals surface area contributed by atoms with E-state index in [9.17, 15) is 4.79 Å². The Morgan fingerprint density at radius 3 is 2.79 bits per heavy atom. The molecule has 2 radical (unpaired) electrons. The Morgan fingerprint density at radius 2 is 2.08 bits per heavy atom. The molecule has 4 rings (SSSR count). The zero-order valence-corrected chi connectivity index (χ0v) is 15.4. The third kappa shape index (κ3) is 2.44. The van der Waals surface area contributed by atoms with Gasteiger partial charge in [0.15, 0.2) is 0 Å². The van der Waals surface area contributed by atoms with E-state index >= 15 is 0 Å². The van der Waals surface area contributed by atoms with Crippen molar-refractivity contribution >= 4 is 38.3 Å². The quantitative estimate of drug-likeness (QED) is 0.653. The summed E-state index contributed by atoms with van der Waals surface area (Å²) in [6.45, 7) is 1.92. The van der Waals surface area contributed by atoms with Gasteiger partial charge in [0.1, 0.15) is 0 Å². The van der Waals surface area contributed by atoms with Crippen molar-refractivity contribution in [3.05, 3.63) is 47.2 Å². The molecule has 0 N–H and O–H groups in total. The number of pyridine rings is 1. The third-order valence-corrected chi connectivity index (χ3v) is 5.06. The van der Waals surface area contributed by atoms with Crippen LogP contribution in [-0.4, -0.2) is 44.6 Å². The average Bonchev–Trinajstić information content (AvgIpc) is 3.38. The van der Waals surface area contributed by atoms with Gasteiger partial charge in [-0.15, -0.1) is 0 Å². The predicted molar refractivity (Wildman–Crippen MR) is 92.4 cm³/mol. The summed E-state index contributed by atoms with van der Waals surface area (Å²) in [5.74, 6) is 0.881. The molecule has 0 unspecified atom stereocenters. The van der Waals surface area contributed by atoms with Gasteiger partial charge in [-0.25, -0.2) is 0 Å². The second-order valence-electron chi connectivity index (χ2n) is 6.08. The minimum atomic E-state index is -0.224. The van der Waals surface area contributed by atoms with Crippen molar-refractivity contribution in [3.63, 3.8) is 0 Å². The first-order chi connectivity index (χ1) is 11.6. The number of carbonyl (C=O) groups is 1. The number of hydrogen-bond donors (Lipinski definition) is 0. The Labute approximate surface area is 148 Å². The van der Waals surface area contributed by atoms with Crippen molar-refractivity contribution in [2.45, 2.75) is 25.7 Å². The molecule has 1 fully saturated rings. The summed E-state index contributed by atoms with van der Waals surface area (Å²) in [5, 5.41) is 5.30. The molecule has 0 spiro atoms. The molecule has 2 heterocycles. The van der Waals surface area contributed by atoms with Crippen LogP contribution in [0.3, 0.4) is 0 Å². The summed E-state index contributed by atoms with van der Waals surface area (Å²) in [4.78, 5) is 17.8. The van der Waals surface area contributed by atoms with Crippen LogP contribution in [0, 0.1) is 6.92 Å². The van der Waals surface area contributed by atoms with Crippen molar-refractivity contribution in [2.24, 2.45) is 0 Å². The fourth-order valence-electron chi connectivity index (χ4n) is 2.95. The summed E-state index contributed by atoms with van der Waals surface area (Å²) in [6, 6.07) is 9.58. The van der Waals surface area contributed by atoms with Gasteiger partial charge in [-0.2, -0.15) is 0 Å². The monoisotopic (exact) mass is 381 g/mol. The minimum absolute atomic E-state index is 0.224. The SMILES string of the molecule is COc1c(C)cccc1C(=O)n1nc([As])c2ccc(C3CC3)nc21. The third-order valence-electron chi connectivity index (χ3n) is 4.37. The number of aryl methyl sites for hydroxylation is 1. The van der Waals surface area contributed by atoms with Crippen LogP contribution in [0.1, 0.15) is 40.4 Å². The molecule has 0 atom stereocenters. The Balaban J connectivity index is 1.88. The number of methoxy groups -OCH3 is 1. The molecule has 3 aromatic rings. The molecule has 1 aliphatic rings. The van der Waals surface area contributed by atoms with E-state index in [4.69, 9.17) is 9.72 Å². The predicted octanol–water partition coefficient (Wildman–Crippen LogP) is 2.11. The molecular weight excluding hydrogens is 365 g/mol. The van der Waals surface area contributed by atoms with Crippen molar-refractivity contribution in [1.29, 1.82) is 0 Å². The van der Waals surface area contributed by atoms with Crippen molar-refractivity contribution in [3.8, 4) is 5.75 Å². The summed E-state index contributed by atoms with van der Waals surface area (Å²) in [5.41, 5.74) is 3.07. The molecule has 0 amide bonds. The number of ether oxygens (including phenoxy) is 1. The zero-order valence-electron chi connectivity index (χ0n) is 13.5. The van der Waals surface area contributed by atoms with Crippen LogP contribution in [0.2, 0.25) is 0 Å². The normalized spacial score (nSPS) is 14.1. The first-order valence-corrected chi connectivity index (χ1v) is 8.81. The number of benzene rings is 1. The number of nitrogens with zero attached hydrogens (tertiary/aromatic N) is 3. The van der Waals surface area contributed by atoms with Gasteiger partial charge in [0.05, 0.1) is 0 Å². The summed E-state index contributed by atoms with van der Waals surface area (Å²) < 4.78 is 7.56. The Morgan fingerprint density at radius 1 is 1.29 bits per heavy atom. The van der Waals surface area contributed by atoms with E-state index in [0.29, 0.717) is 22.9 Å². The molecule has 24 heavy (non-hydrogen) atoms. The van der Waals surface area contributed by atoms with E-state index < -0.39 is 0 Å². The number of aromatic nitrogens is 3. The molecule has 2 aromatic heterocycles. The summed E-state index contributed by atoms with van der Waals surface area (Å²) in [6.07, 6.45) is 2.34. The topological polar surface area (TPSA) is 57.0 Å². The van der Waals surface area contributed by atoms with E-state index in [1.807, 2.05) is 31.2 Å². The van der Waals surface area contributed by atoms with E-state index in [1.54, 1.807) is 13.2 Å². The van der Waals surface area contributed by atoms with E-state index in [1.165, 1.54) is 17.5 Å².